The molecule has 0 aromatic carbocycles. The Hall–Kier alpha value is -0.940. The number of rotatable bonds is 4. The minimum Gasteiger partial charge on any atom is -0.474 e. The molecule has 2 aromatic rings. The highest BCUT2D eigenvalue weighted by Gasteiger charge is 2.37. The molecule has 168 valence electrons. The number of likely N-dealkylation sites (tertiary alicyclic amines) is 1. The van der Waals surface area contributed by atoms with Crippen molar-refractivity contribution in [3.8, 4) is 5.88 Å². The number of thiophene rings is 1. The number of piperidine rings is 1. The minimum absolute atomic E-state index is 0.0215. The first-order valence-corrected chi connectivity index (χ1v) is 13.0. The summed E-state index contributed by atoms with van der Waals surface area (Å²) in [6.07, 6.45) is 7.92. The Kier molecular flexibility index (Phi) is 6.19. The van der Waals surface area contributed by atoms with Crippen molar-refractivity contribution in [2.45, 2.75) is 75.9 Å². The van der Waals surface area contributed by atoms with Crippen molar-refractivity contribution in [1.82, 2.24) is 14.9 Å². The number of nitrogens with zero attached hydrogens (tertiary/aromatic N) is 3. The second-order valence-electron chi connectivity index (χ2n) is 9.05. The number of aryl methyl sites for hydroxylation is 1. The van der Waals surface area contributed by atoms with Gasteiger partial charge in [-0.2, -0.15) is 0 Å². The molecule has 2 fully saturated rings. The summed E-state index contributed by atoms with van der Waals surface area (Å²) in [5.41, 5.74) is 1.19. The summed E-state index contributed by atoms with van der Waals surface area (Å²) in [6.45, 7) is 0.987. The molecule has 3 heterocycles. The highest BCUT2D eigenvalue weighted by atomic mass is 127. The van der Waals surface area contributed by atoms with Crippen LogP contribution in [0.1, 0.15) is 55.4 Å². The Labute approximate surface area is 198 Å². The molecule has 2 aromatic heterocycles. The first-order valence-electron chi connectivity index (χ1n) is 11.1. The first-order chi connectivity index (χ1) is 14.9. The number of carbonyl (C=O) groups is 1. The van der Waals surface area contributed by atoms with Crippen LogP contribution in [0, 0.1) is 5.92 Å². The zero-order chi connectivity index (χ0) is 21.6. The van der Waals surface area contributed by atoms with E-state index in [4.69, 9.17) is 4.74 Å². The van der Waals surface area contributed by atoms with E-state index < -0.39 is 5.92 Å². The summed E-state index contributed by atoms with van der Waals surface area (Å²) in [4.78, 5) is 25.4. The molecular formula is C22H26F2IN3O2S. The van der Waals surface area contributed by atoms with Crippen LogP contribution < -0.4 is 4.74 Å². The molecule has 31 heavy (non-hydrogen) atoms. The summed E-state index contributed by atoms with van der Waals surface area (Å²) in [5.74, 6) is -1.79. The van der Waals surface area contributed by atoms with E-state index >= 15 is 0 Å². The van der Waals surface area contributed by atoms with Gasteiger partial charge in [0.1, 0.15) is 17.3 Å². The van der Waals surface area contributed by atoms with Crippen molar-refractivity contribution in [2.75, 3.05) is 13.1 Å². The Morgan fingerprint density at radius 1 is 1.16 bits per heavy atom. The van der Waals surface area contributed by atoms with E-state index in [0.717, 1.165) is 55.2 Å². The SMILES string of the molecule is O=C(I)[C@H]1CCc2sc3ncnc(OC4CCC(N5CCC(F)(F)CC5)CC4)c3c2C1. The highest BCUT2D eigenvalue weighted by Crippen LogP contribution is 2.42. The normalized spacial score (nSPS) is 28.9. The smallest absolute Gasteiger partial charge is 0.250 e. The second kappa shape index (κ2) is 8.78. The van der Waals surface area contributed by atoms with Crippen LogP contribution in [-0.4, -0.2) is 49.8 Å². The lowest BCUT2D eigenvalue weighted by Gasteiger charge is -2.40. The Bertz CT molecular complexity index is 967. The van der Waals surface area contributed by atoms with Crippen LogP contribution in [0.4, 0.5) is 8.78 Å². The maximum Gasteiger partial charge on any atom is 0.250 e. The largest absolute Gasteiger partial charge is 0.474 e. The molecule has 1 aliphatic heterocycles. The molecule has 1 atom stereocenters. The topological polar surface area (TPSA) is 55.3 Å². The van der Waals surface area contributed by atoms with Gasteiger partial charge >= 0.3 is 0 Å². The molecule has 9 heteroatoms. The van der Waals surface area contributed by atoms with Gasteiger partial charge in [0.05, 0.1) is 5.39 Å². The van der Waals surface area contributed by atoms with E-state index in [1.54, 1.807) is 17.7 Å². The highest BCUT2D eigenvalue weighted by molar-refractivity contribution is 14.1. The van der Waals surface area contributed by atoms with Gasteiger partial charge in [0, 0.05) is 42.8 Å². The molecule has 0 N–H and O–H groups in total. The quantitative estimate of drug-likeness (QED) is 0.381. The van der Waals surface area contributed by atoms with Crippen LogP contribution in [-0.2, 0) is 17.6 Å². The third-order valence-electron chi connectivity index (χ3n) is 7.10. The number of ether oxygens (including phenoxy) is 1. The molecule has 0 radical (unpaired) electrons. The maximum absolute atomic E-state index is 13.5. The minimum atomic E-state index is -2.49. The number of carbonyl (C=O) groups excluding carboxylic acids is 1. The van der Waals surface area contributed by atoms with Gasteiger partial charge in [0.2, 0.25) is 5.88 Å². The third kappa shape index (κ3) is 4.59. The van der Waals surface area contributed by atoms with Crippen LogP contribution in [0.2, 0.25) is 0 Å². The van der Waals surface area contributed by atoms with Crippen molar-refractivity contribution in [3.05, 3.63) is 16.8 Å². The zero-order valence-electron chi connectivity index (χ0n) is 17.3. The third-order valence-corrected chi connectivity index (χ3v) is 9.18. The molecule has 5 rings (SSSR count). The van der Waals surface area contributed by atoms with Crippen LogP contribution in [0.25, 0.3) is 10.2 Å². The lowest BCUT2D eigenvalue weighted by molar-refractivity contribution is -0.113. The molecule has 0 spiro atoms. The van der Waals surface area contributed by atoms with Crippen molar-refractivity contribution in [1.29, 1.82) is 0 Å². The first kappa shape index (κ1) is 21.9. The van der Waals surface area contributed by atoms with Gasteiger partial charge in [0.15, 0.2) is 3.79 Å². The number of aromatic nitrogens is 2. The van der Waals surface area contributed by atoms with Crippen molar-refractivity contribution < 1.29 is 18.3 Å². The fraction of sp³-hybridized carbons (Fsp3) is 0.682. The van der Waals surface area contributed by atoms with Gasteiger partial charge in [-0.25, -0.2) is 18.7 Å². The summed E-state index contributed by atoms with van der Waals surface area (Å²) in [6, 6.07) is 0.380. The predicted octanol–water partition coefficient (Wildman–Crippen LogP) is 5.18. The van der Waals surface area contributed by atoms with Gasteiger partial charge in [-0.05, 0) is 73.1 Å². The predicted molar refractivity (Wildman–Crippen MR) is 124 cm³/mol. The summed E-state index contributed by atoms with van der Waals surface area (Å²) >= 11 is 3.61. The molecule has 0 amide bonds. The van der Waals surface area contributed by atoms with Crippen LogP contribution in [0.15, 0.2) is 6.33 Å². The second-order valence-corrected chi connectivity index (χ2v) is 11.2. The van der Waals surface area contributed by atoms with E-state index in [1.807, 2.05) is 22.6 Å². The standard InChI is InChI=1S/C22H26F2IN3O2S/c23-22(24)7-9-28(10-8-22)14-2-4-15(5-3-14)30-20-18-16-11-13(19(25)29)1-6-17(16)31-21(18)27-12-26-20/h12-15H,1-11H2/t13-,14?,15?/m0/s1. The number of halogens is 3. The number of hydrogen-bond acceptors (Lipinski definition) is 6. The fourth-order valence-electron chi connectivity index (χ4n) is 5.26. The van der Waals surface area contributed by atoms with E-state index in [2.05, 4.69) is 14.9 Å². The monoisotopic (exact) mass is 561 g/mol. The van der Waals surface area contributed by atoms with Crippen molar-refractivity contribution in [2.24, 2.45) is 5.92 Å². The maximum atomic E-state index is 13.5. The van der Waals surface area contributed by atoms with Gasteiger partial charge in [-0.3, -0.25) is 9.69 Å². The molecule has 1 saturated carbocycles. The number of fused-ring (bicyclic) bond motifs is 3. The fourth-order valence-corrected chi connectivity index (χ4v) is 6.97. The average Bonchev–Trinajstić information content (AvgIpc) is 3.13. The zero-order valence-corrected chi connectivity index (χ0v) is 20.3. The van der Waals surface area contributed by atoms with Gasteiger partial charge in [0.25, 0.3) is 5.92 Å². The molecule has 2 aliphatic carbocycles. The molecule has 0 unspecified atom stereocenters. The lowest BCUT2D eigenvalue weighted by Crippen LogP contribution is -2.47. The van der Waals surface area contributed by atoms with Gasteiger partial charge in [-0.1, -0.05) is 0 Å². The van der Waals surface area contributed by atoms with E-state index in [-0.39, 0.29) is 28.7 Å². The van der Waals surface area contributed by atoms with E-state index in [9.17, 15) is 13.6 Å². The number of alkyl halides is 2. The van der Waals surface area contributed by atoms with Crippen molar-refractivity contribution in [3.63, 3.8) is 0 Å². The average molecular weight is 561 g/mol. The van der Waals surface area contributed by atoms with Crippen LogP contribution in [0.5, 0.6) is 5.88 Å². The molecule has 0 bridgehead atoms. The van der Waals surface area contributed by atoms with E-state index in [1.165, 1.54) is 10.4 Å². The summed E-state index contributed by atoms with van der Waals surface area (Å²) < 4.78 is 33.5. The van der Waals surface area contributed by atoms with Crippen LogP contribution in [0.3, 0.4) is 0 Å². The summed E-state index contributed by atoms with van der Waals surface area (Å²) in [5, 5.41) is 0.991. The van der Waals surface area contributed by atoms with Crippen LogP contribution >= 0.6 is 33.9 Å². The molecule has 5 nitrogen and oxygen atoms in total. The lowest BCUT2D eigenvalue weighted by atomic mass is 9.88. The summed E-state index contributed by atoms with van der Waals surface area (Å²) in [7, 11) is 0. The van der Waals surface area contributed by atoms with Crippen molar-refractivity contribution >= 4 is 47.9 Å². The molecule has 3 aliphatic rings. The van der Waals surface area contributed by atoms with E-state index in [0.29, 0.717) is 25.0 Å². The Morgan fingerprint density at radius 2 is 1.90 bits per heavy atom. The molecule has 1 saturated heterocycles. The van der Waals surface area contributed by atoms with Gasteiger partial charge < -0.3 is 4.74 Å². The molecular weight excluding hydrogens is 535 g/mol. The Morgan fingerprint density at radius 3 is 2.61 bits per heavy atom. The Balaban J connectivity index is 1.27. The number of hydrogen-bond donors (Lipinski definition) is 0. The van der Waals surface area contributed by atoms with Gasteiger partial charge in [-0.15, -0.1) is 11.3 Å².